The molecule has 4 heteroatoms. The van der Waals surface area contributed by atoms with Gasteiger partial charge < -0.3 is 10.2 Å². The SMILES string of the molecule is CC1=CCCN(c2cnc(C(C)C)nc2CNC(C)C)C1. The Bertz CT molecular complexity index is 506. The molecule has 116 valence electrons. The fraction of sp³-hybridized carbons (Fsp3) is 0.647. The third-order valence-electron chi connectivity index (χ3n) is 3.73. The van der Waals surface area contributed by atoms with Crippen LogP contribution in [0.4, 0.5) is 5.69 Å². The molecule has 0 aliphatic carbocycles. The Morgan fingerprint density at radius 1 is 1.29 bits per heavy atom. The molecule has 0 fully saturated rings. The van der Waals surface area contributed by atoms with Gasteiger partial charge in [0.05, 0.1) is 17.6 Å². The van der Waals surface area contributed by atoms with Crippen LogP contribution in [0.15, 0.2) is 17.8 Å². The number of anilines is 1. The van der Waals surface area contributed by atoms with E-state index in [1.54, 1.807) is 0 Å². The van der Waals surface area contributed by atoms with E-state index in [-0.39, 0.29) is 0 Å². The Morgan fingerprint density at radius 2 is 2.05 bits per heavy atom. The summed E-state index contributed by atoms with van der Waals surface area (Å²) in [6, 6.07) is 0.457. The highest BCUT2D eigenvalue weighted by atomic mass is 15.2. The van der Waals surface area contributed by atoms with Crippen LogP contribution in [-0.2, 0) is 6.54 Å². The van der Waals surface area contributed by atoms with Crippen molar-refractivity contribution in [2.45, 2.75) is 59.5 Å². The first-order valence-corrected chi connectivity index (χ1v) is 7.97. The molecular weight excluding hydrogens is 260 g/mol. The van der Waals surface area contributed by atoms with Crippen LogP contribution in [-0.4, -0.2) is 29.1 Å². The lowest BCUT2D eigenvalue weighted by Gasteiger charge is -2.30. The maximum Gasteiger partial charge on any atom is 0.131 e. The molecule has 0 spiro atoms. The van der Waals surface area contributed by atoms with E-state index in [9.17, 15) is 0 Å². The summed E-state index contributed by atoms with van der Waals surface area (Å²) in [6.45, 7) is 13.6. The van der Waals surface area contributed by atoms with Gasteiger partial charge in [0.15, 0.2) is 0 Å². The Kier molecular flexibility index (Phi) is 5.34. The first-order chi connectivity index (χ1) is 9.97. The second-order valence-corrected chi connectivity index (χ2v) is 6.51. The van der Waals surface area contributed by atoms with Gasteiger partial charge in [0.2, 0.25) is 0 Å². The van der Waals surface area contributed by atoms with E-state index in [2.05, 4.69) is 55.9 Å². The Hall–Kier alpha value is -1.42. The minimum Gasteiger partial charge on any atom is -0.364 e. The highest BCUT2D eigenvalue weighted by Crippen LogP contribution is 2.24. The number of nitrogens with one attached hydrogen (secondary N) is 1. The molecule has 1 aliphatic rings. The van der Waals surface area contributed by atoms with Crippen LogP contribution in [0.3, 0.4) is 0 Å². The summed E-state index contributed by atoms with van der Waals surface area (Å²) < 4.78 is 0. The number of nitrogens with zero attached hydrogens (tertiary/aromatic N) is 3. The average Bonchev–Trinajstić information content (AvgIpc) is 2.44. The van der Waals surface area contributed by atoms with Crippen LogP contribution in [0.25, 0.3) is 0 Å². The molecule has 0 atom stereocenters. The van der Waals surface area contributed by atoms with Crippen LogP contribution in [0.1, 0.15) is 58.5 Å². The van der Waals surface area contributed by atoms with E-state index in [0.29, 0.717) is 12.0 Å². The second-order valence-electron chi connectivity index (χ2n) is 6.51. The van der Waals surface area contributed by atoms with Crippen LogP contribution in [0.5, 0.6) is 0 Å². The third-order valence-corrected chi connectivity index (χ3v) is 3.73. The molecule has 1 aliphatic heterocycles. The maximum absolute atomic E-state index is 4.81. The zero-order valence-electron chi connectivity index (χ0n) is 14.0. The molecule has 0 unspecified atom stereocenters. The van der Waals surface area contributed by atoms with Crippen molar-refractivity contribution < 1.29 is 0 Å². The highest BCUT2D eigenvalue weighted by Gasteiger charge is 2.17. The molecule has 1 N–H and O–H groups in total. The Morgan fingerprint density at radius 3 is 2.67 bits per heavy atom. The van der Waals surface area contributed by atoms with Crippen molar-refractivity contribution >= 4 is 5.69 Å². The van der Waals surface area contributed by atoms with Gasteiger partial charge in [-0.15, -0.1) is 0 Å². The van der Waals surface area contributed by atoms with Crippen molar-refractivity contribution in [1.29, 1.82) is 0 Å². The molecule has 1 aromatic rings. The van der Waals surface area contributed by atoms with Crippen molar-refractivity contribution in [2.24, 2.45) is 0 Å². The predicted molar refractivity (Wildman–Crippen MR) is 88.7 cm³/mol. The molecule has 1 aromatic heterocycles. The average molecular weight is 288 g/mol. The molecular formula is C17H28N4. The minimum atomic E-state index is 0.361. The van der Waals surface area contributed by atoms with Gasteiger partial charge >= 0.3 is 0 Å². The van der Waals surface area contributed by atoms with Crippen molar-refractivity contribution in [2.75, 3.05) is 18.0 Å². The van der Waals surface area contributed by atoms with Gasteiger partial charge in [-0.05, 0) is 13.3 Å². The molecule has 0 radical (unpaired) electrons. The first-order valence-electron chi connectivity index (χ1n) is 7.97. The number of hydrogen-bond donors (Lipinski definition) is 1. The topological polar surface area (TPSA) is 41.1 Å². The van der Waals surface area contributed by atoms with E-state index in [0.717, 1.165) is 37.6 Å². The summed E-state index contributed by atoms with van der Waals surface area (Å²) in [5, 5.41) is 3.49. The summed E-state index contributed by atoms with van der Waals surface area (Å²) in [7, 11) is 0. The molecule has 2 rings (SSSR count). The van der Waals surface area contributed by atoms with Gasteiger partial charge in [-0.25, -0.2) is 9.97 Å². The fourth-order valence-corrected chi connectivity index (χ4v) is 2.52. The standard InChI is InChI=1S/C17H28N4/c1-12(2)17-19-10-16(15(20-17)9-18-13(3)4)21-8-6-7-14(5)11-21/h7,10,12-13,18H,6,8-9,11H2,1-5H3. The summed E-state index contributed by atoms with van der Waals surface area (Å²) >= 11 is 0. The molecule has 0 amide bonds. The van der Waals surface area contributed by atoms with Crippen molar-refractivity contribution in [3.63, 3.8) is 0 Å². The van der Waals surface area contributed by atoms with Crippen LogP contribution < -0.4 is 10.2 Å². The van der Waals surface area contributed by atoms with Gasteiger partial charge in [-0.2, -0.15) is 0 Å². The predicted octanol–water partition coefficient (Wildman–Crippen LogP) is 3.25. The second kappa shape index (κ2) is 7.03. The number of hydrogen-bond acceptors (Lipinski definition) is 4. The van der Waals surface area contributed by atoms with Crippen molar-refractivity contribution in [1.82, 2.24) is 15.3 Å². The minimum absolute atomic E-state index is 0.361. The quantitative estimate of drug-likeness (QED) is 0.844. The molecule has 0 aromatic carbocycles. The Balaban J connectivity index is 2.27. The molecule has 2 heterocycles. The molecule has 4 nitrogen and oxygen atoms in total. The van der Waals surface area contributed by atoms with Crippen LogP contribution in [0, 0.1) is 0 Å². The van der Waals surface area contributed by atoms with Crippen LogP contribution >= 0.6 is 0 Å². The van der Waals surface area contributed by atoms with Gasteiger partial charge in [0.1, 0.15) is 5.82 Å². The highest BCUT2D eigenvalue weighted by molar-refractivity contribution is 5.51. The molecule has 0 bridgehead atoms. The smallest absolute Gasteiger partial charge is 0.131 e. The normalized spacial score (nSPS) is 15.8. The molecule has 21 heavy (non-hydrogen) atoms. The van der Waals surface area contributed by atoms with E-state index in [1.165, 1.54) is 11.3 Å². The fourth-order valence-electron chi connectivity index (χ4n) is 2.52. The van der Waals surface area contributed by atoms with Gasteiger partial charge in [0, 0.05) is 31.6 Å². The van der Waals surface area contributed by atoms with Gasteiger partial charge in [-0.3, -0.25) is 0 Å². The maximum atomic E-state index is 4.81. The monoisotopic (exact) mass is 288 g/mol. The lowest BCUT2D eigenvalue weighted by molar-refractivity contribution is 0.575. The number of rotatable bonds is 5. The van der Waals surface area contributed by atoms with Gasteiger partial charge in [-0.1, -0.05) is 39.3 Å². The van der Waals surface area contributed by atoms with Crippen molar-refractivity contribution in [3.8, 4) is 0 Å². The first kappa shape index (κ1) is 16.0. The zero-order chi connectivity index (χ0) is 15.4. The lowest BCUT2D eigenvalue weighted by atomic mass is 10.1. The zero-order valence-corrected chi connectivity index (χ0v) is 14.0. The van der Waals surface area contributed by atoms with Crippen LogP contribution in [0.2, 0.25) is 0 Å². The van der Waals surface area contributed by atoms with E-state index in [1.807, 2.05) is 6.20 Å². The molecule has 0 saturated carbocycles. The Labute approximate surface area is 128 Å². The third kappa shape index (κ3) is 4.27. The van der Waals surface area contributed by atoms with Crippen molar-refractivity contribution in [3.05, 3.63) is 29.4 Å². The lowest BCUT2D eigenvalue weighted by Crippen LogP contribution is -2.32. The van der Waals surface area contributed by atoms with E-state index < -0.39 is 0 Å². The number of aromatic nitrogens is 2. The molecule has 0 saturated heterocycles. The summed E-state index contributed by atoms with van der Waals surface area (Å²) in [6.07, 6.45) is 5.44. The van der Waals surface area contributed by atoms with E-state index in [4.69, 9.17) is 4.98 Å². The largest absolute Gasteiger partial charge is 0.364 e. The summed E-state index contributed by atoms with van der Waals surface area (Å²) in [4.78, 5) is 11.8. The summed E-state index contributed by atoms with van der Waals surface area (Å²) in [5.74, 6) is 1.29. The van der Waals surface area contributed by atoms with Gasteiger partial charge in [0.25, 0.3) is 0 Å². The van der Waals surface area contributed by atoms with E-state index >= 15 is 0 Å². The summed E-state index contributed by atoms with van der Waals surface area (Å²) in [5.41, 5.74) is 3.73.